The lowest BCUT2D eigenvalue weighted by Crippen LogP contribution is -2.29. The van der Waals surface area contributed by atoms with E-state index in [1.165, 1.54) is 54.8 Å². The Morgan fingerprint density at radius 1 is 1.18 bits per heavy atom. The van der Waals surface area contributed by atoms with Crippen LogP contribution in [0.4, 0.5) is 10.1 Å². The molecule has 1 unspecified atom stereocenters. The van der Waals surface area contributed by atoms with Crippen molar-refractivity contribution in [1.82, 2.24) is 4.72 Å². The van der Waals surface area contributed by atoms with Gasteiger partial charge in [0.25, 0.3) is 0 Å². The highest BCUT2D eigenvalue weighted by Gasteiger charge is 2.26. The molecule has 10 heteroatoms. The molecule has 7 nitrogen and oxygen atoms in total. The number of nitrogens with zero attached hydrogens (tertiary/aromatic N) is 1. The third-order valence-electron chi connectivity index (χ3n) is 3.96. The van der Waals surface area contributed by atoms with Gasteiger partial charge >= 0.3 is 5.69 Å². The third-order valence-corrected chi connectivity index (χ3v) is 6.32. The first-order valence-corrected chi connectivity index (χ1v) is 10.3. The van der Waals surface area contributed by atoms with E-state index in [9.17, 15) is 22.9 Å². The molecule has 0 amide bonds. The van der Waals surface area contributed by atoms with Crippen molar-refractivity contribution in [3.63, 3.8) is 0 Å². The van der Waals surface area contributed by atoms with Gasteiger partial charge in [-0.05, 0) is 41.3 Å². The minimum Gasteiger partial charge on any atom is -0.490 e. The maximum absolute atomic E-state index is 13.3. The second-order valence-electron chi connectivity index (χ2n) is 5.71. The number of hydrogen-bond acceptors (Lipinski definition) is 6. The Morgan fingerprint density at radius 3 is 2.46 bits per heavy atom. The monoisotopic (exact) mass is 422 g/mol. The van der Waals surface area contributed by atoms with Gasteiger partial charge in [-0.1, -0.05) is 18.2 Å². The fourth-order valence-electron chi connectivity index (χ4n) is 2.60. The molecule has 0 saturated carbocycles. The second kappa shape index (κ2) is 8.05. The number of halogens is 1. The zero-order valence-corrected chi connectivity index (χ0v) is 16.2. The molecule has 0 aliphatic carbocycles. The molecule has 28 heavy (non-hydrogen) atoms. The minimum absolute atomic E-state index is 0.0442. The SMILES string of the molecule is COc1ccc(S(=O)(=O)NC(c2ccc(F)cc2)c2cccs2)cc1[N+](=O)[O-]. The van der Waals surface area contributed by atoms with E-state index in [0.717, 1.165) is 6.07 Å². The molecule has 3 aromatic rings. The van der Waals surface area contributed by atoms with Crippen LogP contribution in [0.25, 0.3) is 0 Å². The summed E-state index contributed by atoms with van der Waals surface area (Å²) in [6.45, 7) is 0. The quantitative estimate of drug-likeness (QED) is 0.460. The molecule has 1 N–H and O–H groups in total. The Balaban J connectivity index is 2.01. The van der Waals surface area contributed by atoms with Crippen molar-refractivity contribution >= 4 is 27.0 Å². The van der Waals surface area contributed by atoms with Crippen LogP contribution < -0.4 is 9.46 Å². The summed E-state index contributed by atoms with van der Waals surface area (Å²) in [5.41, 5.74) is 0.0790. The van der Waals surface area contributed by atoms with Crippen LogP contribution in [0.5, 0.6) is 5.75 Å². The molecule has 0 aliphatic rings. The largest absolute Gasteiger partial charge is 0.490 e. The van der Waals surface area contributed by atoms with E-state index in [1.54, 1.807) is 17.5 Å². The van der Waals surface area contributed by atoms with Crippen molar-refractivity contribution in [2.24, 2.45) is 0 Å². The van der Waals surface area contributed by atoms with Crippen LogP contribution in [0.3, 0.4) is 0 Å². The van der Waals surface area contributed by atoms with Crippen LogP contribution in [-0.2, 0) is 10.0 Å². The summed E-state index contributed by atoms with van der Waals surface area (Å²) < 4.78 is 46.5. The number of nitrogens with one attached hydrogen (secondary N) is 1. The molecule has 1 aromatic heterocycles. The maximum atomic E-state index is 13.3. The molecule has 3 rings (SSSR count). The average molecular weight is 422 g/mol. The van der Waals surface area contributed by atoms with Crippen molar-refractivity contribution < 1.29 is 22.5 Å². The zero-order valence-electron chi connectivity index (χ0n) is 14.5. The first-order valence-electron chi connectivity index (χ1n) is 7.95. The predicted molar refractivity (Wildman–Crippen MR) is 103 cm³/mol. The van der Waals surface area contributed by atoms with E-state index >= 15 is 0 Å². The fourth-order valence-corrected chi connectivity index (χ4v) is 4.70. The van der Waals surface area contributed by atoms with Gasteiger partial charge in [-0.25, -0.2) is 12.8 Å². The van der Waals surface area contributed by atoms with Gasteiger partial charge in [0.2, 0.25) is 10.0 Å². The number of nitro groups is 1. The Hall–Kier alpha value is -2.82. The summed E-state index contributed by atoms with van der Waals surface area (Å²) in [6, 6.07) is 11.6. The number of hydrogen-bond donors (Lipinski definition) is 1. The summed E-state index contributed by atoms with van der Waals surface area (Å²) in [5, 5.41) is 13.0. The molecule has 0 radical (unpaired) electrons. The predicted octanol–water partition coefficient (Wildman–Crippen LogP) is 3.87. The van der Waals surface area contributed by atoms with Gasteiger partial charge < -0.3 is 4.74 Å². The van der Waals surface area contributed by atoms with Crippen molar-refractivity contribution in [3.8, 4) is 5.75 Å². The summed E-state index contributed by atoms with van der Waals surface area (Å²) in [5.74, 6) is -0.486. The normalized spacial score (nSPS) is 12.5. The van der Waals surface area contributed by atoms with Gasteiger partial charge in [-0.15, -0.1) is 11.3 Å². The van der Waals surface area contributed by atoms with Gasteiger partial charge in [0.05, 0.1) is 23.0 Å². The Bertz CT molecular complexity index is 1080. The number of benzene rings is 2. The molecule has 1 atom stereocenters. The minimum atomic E-state index is -4.12. The molecule has 1 heterocycles. The lowest BCUT2D eigenvalue weighted by atomic mass is 10.1. The smallest absolute Gasteiger partial charge is 0.312 e. The van der Waals surface area contributed by atoms with Crippen LogP contribution in [0.1, 0.15) is 16.5 Å². The lowest BCUT2D eigenvalue weighted by molar-refractivity contribution is -0.386. The van der Waals surface area contributed by atoms with Crippen LogP contribution in [0, 0.1) is 15.9 Å². The van der Waals surface area contributed by atoms with E-state index < -0.39 is 32.5 Å². The van der Waals surface area contributed by atoms with Crippen LogP contribution in [0.15, 0.2) is 64.9 Å². The number of nitro benzene ring substituents is 1. The standard InChI is InChI=1S/C18H15FN2O5S2/c1-26-16-9-8-14(11-15(16)21(22)23)28(24,25)20-18(17-3-2-10-27-17)12-4-6-13(19)7-5-12/h2-11,18,20H,1H3. The summed E-state index contributed by atoms with van der Waals surface area (Å²) >= 11 is 1.33. The Morgan fingerprint density at radius 2 is 1.89 bits per heavy atom. The molecule has 0 fully saturated rings. The topological polar surface area (TPSA) is 98.5 Å². The van der Waals surface area contributed by atoms with E-state index in [-0.39, 0.29) is 10.6 Å². The third kappa shape index (κ3) is 4.19. The number of thiophene rings is 1. The van der Waals surface area contributed by atoms with Crippen LogP contribution in [-0.4, -0.2) is 20.5 Å². The molecule has 0 saturated heterocycles. The van der Waals surface area contributed by atoms with E-state index in [4.69, 9.17) is 4.74 Å². The summed E-state index contributed by atoms with van der Waals surface area (Å²) in [7, 11) is -2.86. The number of sulfonamides is 1. The van der Waals surface area contributed by atoms with Gasteiger partial charge in [0.1, 0.15) is 5.82 Å². The van der Waals surface area contributed by atoms with Crippen molar-refractivity contribution in [1.29, 1.82) is 0 Å². The summed E-state index contributed by atoms with van der Waals surface area (Å²) in [6.07, 6.45) is 0. The molecule has 0 aliphatic heterocycles. The van der Waals surface area contributed by atoms with Crippen molar-refractivity contribution in [2.45, 2.75) is 10.9 Å². The fraction of sp³-hybridized carbons (Fsp3) is 0.111. The highest BCUT2D eigenvalue weighted by atomic mass is 32.2. The molecule has 0 spiro atoms. The summed E-state index contributed by atoms with van der Waals surface area (Å²) in [4.78, 5) is 10.9. The zero-order chi connectivity index (χ0) is 20.3. The van der Waals surface area contributed by atoms with Gasteiger partial charge in [-0.3, -0.25) is 10.1 Å². The van der Waals surface area contributed by atoms with Gasteiger partial charge in [0.15, 0.2) is 5.75 Å². The van der Waals surface area contributed by atoms with E-state index in [1.807, 2.05) is 0 Å². The Kier molecular flexibility index (Phi) is 5.73. The van der Waals surface area contributed by atoms with Gasteiger partial charge in [-0.2, -0.15) is 4.72 Å². The highest BCUT2D eigenvalue weighted by molar-refractivity contribution is 7.89. The second-order valence-corrected chi connectivity index (χ2v) is 8.41. The molecule has 0 bridgehead atoms. The molecule has 2 aromatic carbocycles. The van der Waals surface area contributed by atoms with Crippen molar-refractivity contribution in [3.05, 3.63) is 86.3 Å². The molecular formula is C18H15FN2O5S2. The first-order chi connectivity index (χ1) is 13.3. The average Bonchev–Trinajstić information content (AvgIpc) is 3.21. The highest BCUT2D eigenvalue weighted by Crippen LogP contribution is 2.32. The van der Waals surface area contributed by atoms with E-state index in [0.29, 0.717) is 10.4 Å². The lowest BCUT2D eigenvalue weighted by Gasteiger charge is -2.18. The van der Waals surface area contributed by atoms with Crippen molar-refractivity contribution in [2.75, 3.05) is 7.11 Å². The number of methoxy groups -OCH3 is 1. The maximum Gasteiger partial charge on any atom is 0.312 e. The number of ether oxygens (including phenoxy) is 1. The van der Waals surface area contributed by atoms with Crippen LogP contribution in [0.2, 0.25) is 0 Å². The molecular weight excluding hydrogens is 407 g/mol. The first kappa shape index (κ1) is 19.9. The van der Waals surface area contributed by atoms with E-state index in [2.05, 4.69) is 4.72 Å². The van der Waals surface area contributed by atoms with Gasteiger partial charge in [0, 0.05) is 10.9 Å². The Labute approximate surface area is 164 Å². The van der Waals surface area contributed by atoms with Crippen LogP contribution >= 0.6 is 11.3 Å². The number of rotatable bonds is 7. The molecule has 146 valence electrons.